The first-order valence-corrected chi connectivity index (χ1v) is 27.6. The SMILES string of the molecule is C.C.C#C[Si](C)(C)C.CCCCCN1CCN(c2ccc(Br)cc2)CC1.CCCCCN1CCN(c2ccc(C#C[Si](C)(C)C)cc2)CC1.[CH2-]CCC.[Li+]. The Bertz CT molecular complexity index is 1260. The second kappa shape index (κ2) is 32.7. The maximum Gasteiger partial charge on any atom is 1.00 e. The average molecular weight is 834 g/mol. The molecule has 0 atom stereocenters. The number of hydrogen-bond donors (Lipinski definition) is 0. The molecule has 2 heterocycles. The van der Waals surface area contributed by atoms with Gasteiger partial charge in [0, 0.05) is 73.8 Å². The number of benzene rings is 2. The smallest absolute Gasteiger partial charge is 0.369 e. The number of unbranched alkanes of at least 4 members (excludes halogenated alkanes) is 5. The second-order valence-electron chi connectivity index (χ2n) is 15.8. The molecule has 2 saturated heterocycles. The Morgan fingerprint density at radius 3 is 1.26 bits per heavy atom. The standard InChI is InChI=1S/C20H32N2Si.C15H23BrN2.C5H10Si.C4H9.2CH4.Li/c1-5-6-7-13-21-14-16-22(17-15-21)20-10-8-19(9-11-20)12-18-23(2,3)4;1-2-3-4-9-17-10-12-18(13-11-17)15-7-5-14(16)6-8-15;1-5-6(2,3)4;1-3-4-2;;;/h8-11H,5-7,13-17H2,1-4H3;5-8H,2-4,9-13H2,1H3;1H,2-4H3;1,3-4H2,2H3;2*1H4;/q;;;-1;;;+1. The van der Waals surface area contributed by atoms with E-state index in [1.165, 1.54) is 95.6 Å². The summed E-state index contributed by atoms with van der Waals surface area (Å²) in [5, 5.41) is 0. The molecule has 302 valence electrons. The van der Waals surface area contributed by atoms with Crippen molar-refractivity contribution in [2.24, 2.45) is 0 Å². The Balaban J connectivity index is -0.000000748. The molecule has 2 aliphatic heterocycles. The fraction of sp³-hybridized carbons (Fsp3) is 0.630. The Hall–Kier alpha value is -1.41. The van der Waals surface area contributed by atoms with Crippen molar-refractivity contribution in [2.75, 3.05) is 75.2 Å². The molecule has 0 aliphatic carbocycles. The number of terminal acetylenes is 1. The van der Waals surface area contributed by atoms with Crippen LogP contribution in [0, 0.1) is 30.4 Å². The molecule has 0 amide bonds. The van der Waals surface area contributed by atoms with Gasteiger partial charge in [0.25, 0.3) is 0 Å². The van der Waals surface area contributed by atoms with Crippen LogP contribution in [0.25, 0.3) is 0 Å². The van der Waals surface area contributed by atoms with Gasteiger partial charge in [0.1, 0.15) is 16.1 Å². The zero-order valence-corrected chi connectivity index (χ0v) is 38.9. The van der Waals surface area contributed by atoms with E-state index < -0.39 is 16.1 Å². The summed E-state index contributed by atoms with van der Waals surface area (Å²) in [5.41, 5.74) is 10.0. The molecule has 0 radical (unpaired) electrons. The van der Waals surface area contributed by atoms with Crippen LogP contribution >= 0.6 is 15.9 Å². The van der Waals surface area contributed by atoms with E-state index >= 15 is 0 Å². The number of anilines is 2. The number of rotatable bonds is 11. The van der Waals surface area contributed by atoms with E-state index in [-0.39, 0.29) is 33.7 Å². The van der Waals surface area contributed by atoms with E-state index in [1.54, 1.807) is 0 Å². The van der Waals surface area contributed by atoms with Crippen LogP contribution in [0.5, 0.6) is 0 Å². The molecule has 2 aromatic carbocycles. The third-order valence-corrected chi connectivity index (χ3v) is 11.0. The van der Waals surface area contributed by atoms with Crippen molar-refractivity contribution in [3.63, 3.8) is 0 Å². The van der Waals surface area contributed by atoms with Crippen molar-refractivity contribution >= 4 is 43.5 Å². The Morgan fingerprint density at radius 2 is 0.963 bits per heavy atom. The van der Waals surface area contributed by atoms with Gasteiger partial charge in [-0.3, -0.25) is 9.80 Å². The van der Waals surface area contributed by atoms with E-state index in [0.717, 1.165) is 42.6 Å². The van der Waals surface area contributed by atoms with Crippen LogP contribution in [0.15, 0.2) is 53.0 Å². The van der Waals surface area contributed by atoms with Crippen molar-refractivity contribution in [3.8, 4) is 23.4 Å². The second-order valence-corrected chi connectivity index (χ2v) is 26.3. The number of halogens is 1. The summed E-state index contributed by atoms with van der Waals surface area (Å²) in [7, 11) is -2.39. The predicted molar refractivity (Wildman–Crippen MR) is 253 cm³/mol. The summed E-state index contributed by atoms with van der Waals surface area (Å²) in [5.74, 6) is 3.34. The molecular formula is C46H82BrLiN4Si2. The first-order valence-electron chi connectivity index (χ1n) is 19.9. The summed E-state index contributed by atoms with van der Waals surface area (Å²) in [6.45, 7) is 35.5. The minimum Gasteiger partial charge on any atom is -0.369 e. The molecule has 2 fully saturated rings. The molecule has 0 saturated carbocycles. The number of nitrogens with zero attached hydrogens (tertiary/aromatic N) is 4. The van der Waals surface area contributed by atoms with E-state index in [2.05, 4.69) is 168 Å². The molecule has 2 aromatic rings. The van der Waals surface area contributed by atoms with Gasteiger partial charge in [0.05, 0.1) is 0 Å². The van der Waals surface area contributed by atoms with Crippen molar-refractivity contribution in [1.82, 2.24) is 9.80 Å². The van der Waals surface area contributed by atoms with Gasteiger partial charge in [0.15, 0.2) is 0 Å². The minimum absolute atomic E-state index is 0. The van der Waals surface area contributed by atoms with Gasteiger partial charge in [0.2, 0.25) is 0 Å². The zero-order valence-electron chi connectivity index (χ0n) is 35.3. The van der Waals surface area contributed by atoms with Gasteiger partial charge in [-0.05, 0) is 74.5 Å². The largest absolute Gasteiger partial charge is 1.00 e. The minimum atomic E-state index is -1.28. The van der Waals surface area contributed by atoms with E-state index in [4.69, 9.17) is 6.42 Å². The molecule has 4 rings (SSSR count). The first-order chi connectivity index (χ1) is 24.2. The van der Waals surface area contributed by atoms with Gasteiger partial charge in [-0.15, -0.1) is 17.5 Å². The van der Waals surface area contributed by atoms with Gasteiger partial charge < -0.3 is 16.7 Å². The van der Waals surface area contributed by atoms with Crippen LogP contribution in [-0.4, -0.2) is 91.4 Å². The quantitative estimate of drug-likeness (QED) is 0.0969. The fourth-order valence-corrected chi connectivity index (χ4v) is 6.08. The van der Waals surface area contributed by atoms with Crippen LogP contribution in [0.4, 0.5) is 11.4 Å². The number of hydrogen-bond acceptors (Lipinski definition) is 4. The molecule has 2 aliphatic rings. The third kappa shape index (κ3) is 28.1. The summed E-state index contributed by atoms with van der Waals surface area (Å²) >= 11 is 3.49. The molecule has 0 bridgehead atoms. The molecule has 0 unspecified atom stereocenters. The monoisotopic (exact) mass is 833 g/mol. The molecule has 0 aromatic heterocycles. The van der Waals surface area contributed by atoms with Crippen molar-refractivity contribution in [3.05, 3.63) is 65.5 Å². The molecule has 8 heteroatoms. The summed E-state index contributed by atoms with van der Waals surface area (Å²) in [4.78, 5) is 10.2. The van der Waals surface area contributed by atoms with Crippen LogP contribution in [-0.2, 0) is 0 Å². The Kier molecular flexibility index (Phi) is 34.4. The maximum atomic E-state index is 5.12. The Morgan fingerprint density at radius 1 is 0.611 bits per heavy atom. The number of piperazine rings is 2. The van der Waals surface area contributed by atoms with Gasteiger partial charge in [-0.1, -0.05) is 129 Å². The molecule has 4 nitrogen and oxygen atoms in total. The normalized spacial score (nSPS) is 14.3. The predicted octanol–water partition coefficient (Wildman–Crippen LogP) is 9.38. The van der Waals surface area contributed by atoms with Crippen molar-refractivity contribution in [2.45, 2.75) is 126 Å². The van der Waals surface area contributed by atoms with Crippen LogP contribution in [0.1, 0.15) is 92.6 Å². The maximum absolute atomic E-state index is 5.12. The van der Waals surface area contributed by atoms with E-state index in [9.17, 15) is 0 Å². The Labute approximate surface area is 360 Å². The van der Waals surface area contributed by atoms with Crippen LogP contribution < -0.4 is 28.7 Å². The van der Waals surface area contributed by atoms with Crippen molar-refractivity contribution < 1.29 is 18.9 Å². The topological polar surface area (TPSA) is 13.0 Å². The summed E-state index contributed by atoms with van der Waals surface area (Å²) in [6.07, 6.45) is 15.5. The summed E-state index contributed by atoms with van der Waals surface area (Å²) < 4.78 is 1.16. The third-order valence-electron chi connectivity index (χ3n) is 8.69. The zero-order chi connectivity index (χ0) is 38.1. The fourth-order valence-electron chi connectivity index (χ4n) is 5.30. The van der Waals surface area contributed by atoms with Crippen molar-refractivity contribution in [1.29, 1.82) is 0 Å². The average Bonchev–Trinajstić information content (AvgIpc) is 3.12. The van der Waals surface area contributed by atoms with E-state index in [0.29, 0.717) is 0 Å². The molecule has 0 spiro atoms. The van der Waals surface area contributed by atoms with Gasteiger partial charge in [-0.25, -0.2) is 0 Å². The van der Waals surface area contributed by atoms with E-state index in [1.807, 2.05) is 0 Å². The van der Waals surface area contributed by atoms with Crippen LogP contribution in [0.3, 0.4) is 0 Å². The molecule has 0 N–H and O–H groups in total. The van der Waals surface area contributed by atoms with Crippen LogP contribution in [0.2, 0.25) is 39.3 Å². The summed E-state index contributed by atoms with van der Waals surface area (Å²) in [6, 6.07) is 17.5. The molecule has 54 heavy (non-hydrogen) atoms. The van der Waals surface area contributed by atoms with Gasteiger partial charge >= 0.3 is 18.9 Å². The molecular weight excluding hydrogens is 752 g/mol. The van der Waals surface area contributed by atoms with Gasteiger partial charge in [-0.2, -0.15) is 6.42 Å². The first kappa shape index (κ1) is 56.9.